The Kier molecular flexibility index (Phi) is 3.27. The Labute approximate surface area is 139 Å². The highest BCUT2D eigenvalue weighted by Gasteiger charge is 2.20. The SMILES string of the molecule is Cc1cccc(NC(=O)c2cn3c4c(cccc4c2=O)CC3)c1C. The Morgan fingerprint density at radius 2 is 1.92 bits per heavy atom. The van der Waals surface area contributed by atoms with Gasteiger partial charge in [0.05, 0.1) is 5.52 Å². The molecule has 2 heterocycles. The third-order valence-electron chi connectivity index (χ3n) is 4.90. The van der Waals surface area contributed by atoms with E-state index in [-0.39, 0.29) is 16.9 Å². The zero-order valence-electron chi connectivity index (χ0n) is 13.7. The first-order valence-corrected chi connectivity index (χ1v) is 8.09. The van der Waals surface area contributed by atoms with Crippen molar-refractivity contribution in [3.63, 3.8) is 0 Å². The fourth-order valence-corrected chi connectivity index (χ4v) is 3.39. The van der Waals surface area contributed by atoms with Crippen LogP contribution in [0, 0.1) is 13.8 Å². The fourth-order valence-electron chi connectivity index (χ4n) is 3.39. The third kappa shape index (κ3) is 2.14. The maximum Gasteiger partial charge on any atom is 0.261 e. The second-order valence-electron chi connectivity index (χ2n) is 6.33. The molecule has 1 amide bonds. The lowest BCUT2D eigenvalue weighted by Crippen LogP contribution is -2.23. The molecule has 0 bridgehead atoms. The molecule has 4 rings (SSSR count). The first-order chi connectivity index (χ1) is 11.6. The van der Waals surface area contributed by atoms with Gasteiger partial charge >= 0.3 is 0 Å². The predicted octanol–water partition coefficient (Wildman–Crippen LogP) is 3.43. The summed E-state index contributed by atoms with van der Waals surface area (Å²) in [7, 11) is 0. The molecule has 0 radical (unpaired) electrons. The number of benzene rings is 2. The van der Waals surface area contributed by atoms with Crippen molar-refractivity contribution in [3.05, 3.63) is 75.1 Å². The van der Waals surface area contributed by atoms with Crippen molar-refractivity contribution < 1.29 is 4.79 Å². The van der Waals surface area contributed by atoms with E-state index in [4.69, 9.17) is 0 Å². The number of amides is 1. The minimum Gasteiger partial charge on any atom is -0.346 e. The first-order valence-electron chi connectivity index (χ1n) is 8.09. The number of carbonyl (C=O) groups is 1. The zero-order chi connectivity index (χ0) is 16.8. The standard InChI is InChI=1S/C20H18N2O2/c1-12-5-3-8-17(13(12)2)21-20(24)16-11-22-10-9-14-6-4-7-15(18(14)22)19(16)23/h3-8,11H,9-10H2,1-2H3,(H,21,24). The van der Waals surface area contributed by atoms with E-state index in [0.29, 0.717) is 5.39 Å². The van der Waals surface area contributed by atoms with E-state index in [1.54, 1.807) is 12.3 Å². The van der Waals surface area contributed by atoms with Gasteiger partial charge in [0.2, 0.25) is 5.43 Å². The van der Waals surface area contributed by atoms with Gasteiger partial charge in [0.1, 0.15) is 5.56 Å². The summed E-state index contributed by atoms with van der Waals surface area (Å²) >= 11 is 0. The number of para-hydroxylation sites is 1. The molecule has 0 saturated carbocycles. The van der Waals surface area contributed by atoms with Crippen molar-refractivity contribution >= 4 is 22.5 Å². The smallest absolute Gasteiger partial charge is 0.261 e. The maximum atomic E-state index is 12.8. The van der Waals surface area contributed by atoms with Crippen LogP contribution in [0.25, 0.3) is 10.9 Å². The van der Waals surface area contributed by atoms with Crippen LogP contribution in [0.3, 0.4) is 0 Å². The molecule has 1 aromatic heterocycles. The van der Waals surface area contributed by atoms with Crippen molar-refractivity contribution in [3.8, 4) is 0 Å². The van der Waals surface area contributed by atoms with Gasteiger partial charge in [0.15, 0.2) is 0 Å². The normalized spacial score (nSPS) is 12.6. The monoisotopic (exact) mass is 318 g/mol. The summed E-state index contributed by atoms with van der Waals surface area (Å²) in [4.78, 5) is 25.5. The first kappa shape index (κ1) is 14.7. The van der Waals surface area contributed by atoms with Crippen LogP contribution in [0.2, 0.25) is 0 Å². The van der Waals surface area contributed by atoms with E-state index in [1.165, 1.54) is 5.56 Å². The molecule has 0 spiro atoms. The number of aryl methyl sites for hydroxylation is 3. The van der Waals surface area contributed by atoms with Gasteiger partial charge in [-0.1, -0.05) is 24.3 Å². The molecule has 4 heteroatoms. The lowest BCUT2D eigenvalue weighted by Gasteiger charge is -2.12. The predicted molar refractivity (Wildman–Crippen MR) is 95.8 cm³/mol. The topological polar surface area (TPSA) is 51.1 Å². The molecule has 0 atom stereocenters. The summed E-state index contributed by atoms with van der Waals surface area (Å²) in [6, 6.07) is 11.5. The number of carbonyl (C=O) groups excluding carboxylic acids is 1. The number of rotatable bonds is 2. The summed E-state index contributed by atoms with van der Waals surface area (Å²) in [6.45, 7) is 4.77. The summed E-state index contributed by atoms with van der Waals surface area (Å²) in [5, 5.41) is 3.51. The van der Waals surface area contributed by atoms with Crippen molar-refractivity contribution in [2.24, 2.45) is 0 Å². The molecular formula is C20H18N2O2. The fraction of sp³-hybridized carbons (Fsp3) is 0.200. The van der Waals surface area contributed by atoms with Gasteiger partial charge in [-0.25, -0.2) is 0 Å². The molecule has 0 aliphatic carbocycles. The number of pyridine rings is 1. The van der Waals surface area contributed by atoms with Gasteiger partial charge in [-0.05, 0) is 49.1 Å². The van der Waals surface area contributed by atoms with Crippen LogP contribution in [0.1, 0.15) is 27.0 Å². The Hall–Kier alpha value is -2.88. The number of nitrogens with zero attached hydrogens (tertiary/aromatic N) is 1. The van der Waals surface area contributed by atoms with Gasteiger partial charge in [0, 0.05) is 23.8 Å². The Bertz CT molecular complexity index is 1050. The Morgan fingerprint density at radius 3 is 2.75 bits per heavy atom. The molecule has 1 aliphatic rings. The van der Waals surface area contributed by atoms with Gasteiger partial charge in [-0.3, -0.25) is 9.59 Å². The van der Waals surface area contributed by atoms with E-state index >= 15 is 0 Å². The second-order valence-corrected chi connectivity index (χ2v) is 6.33. The summed E-state index contributed by atoms with van der Waals surface area (Å²) < 4.78 is 2.02. The van der Waals surface area contributed by atoms with Crippen LogP contribution in [0.5, 0.6) is 0 Å². The summed E-state index contributed by atoms with van der Waals surface area (Å²) in [6.07, 6.45) is 2.60. The van der Waals surface area contributed by atoms with Crippen molar-refractivity contribution in [2.45, 2.75) is 26.8 Å². The minimum absolute atomic E-state index is 0.197. The van der Waals surface area contributed by atoms with E-state index < -0.39 is 0 Å². The second kappa shape index (κ2) is 5.34. The number of hydrogen-bond acceptors (Lipinski definition) is 2. The molecule has 1 N–H and O–H groups in total. The van der Waals surface area contributed by atoms with E-state index in [2.05, 4.69) is 5.32 Å². The molecule has 0 unspecified atom stereocenters. The van der Waals surface area contributed by atoms with Crippen LogP contribution in [-0.4, -0.2) is 10.5 Å². The third-order valence-corrected chi connectivity index (χ3v) is 4.90. The van der Waals surface area contributed by atoms with Crippen molar-refractivity contribution in [1.82, 2.24) is 4.57 Å². The summed E-state index contributed by atoms with van der Waals surface area (Å²) in [5.41, 5.74) is 4.99. The number of aromatic nitrogens is 1. The molecule has 3 aromatic rings. The van der Waals surface area contributed by atoms with Crippen LogP contribution < -0.4 is 10.7 Å². The van der Waals surface area contributed by atoms with Gasteiger partial charge in [-0.15, -0.1) is 0 Å². The Morgan fingerprint density at radius 1 is 1.12 bits per heavy atom. The molecule has 2 aromatic carbocycles. The number of hydrogen-bond donors (Lipinski definition) is 1. The van der Waals surface area contributed by atoms with Gasteiger partial charge < -0.3 is 9.88 Å². The van der Waals surface area contributed by atoms with Crippen LogP contribution in [0.15, 0.2) is 47.4 Å². The lowest BCUT2D eigenvalue weighted by molar-refractivity contribution is 0.102. The van der Waals surface area contributed by atoms with Crippen molar-refractivity contribution in [1.29, 1.82) is 0 Å². The van der Waals surface area contributed by atoms with Gasteiger partial charge in [-0.2, -0.15) is 0 Å². The lowest BCUT2D eigenvalue weighted by atomic mass is 10.1. The van der Waals surface area contributed by atoms with Gasteiger partial charge in [0.25, 0.3) is 5.91 Å². The Balaban J connectivity index is 1.81. The van der Waals surface area contributed by atoms with Crippen LogP contribution in [0.4, 0.5) is 5.69 Å². The quantitative estimate of drug-likeness (QED) is 0.787. The molecule has 4 nitrogen and oxygen atoms in total. The zero-order valence-corrected chi connectivity index (χ0v) is 13.7. The summed E-state index contributed by atoms with van der Waals surface area (Å²) in [5.74, 6) is -0.350. The molecule has 120 valence electrons. The molecule has 24 heavy (non-hydrogen) atoms. The number of anilines is 1. The molecular weight excluding hydrogens is 300 g/mol. The van der Waals surface area contributed by atoms with Crippen molar-refractivity contribution in [2.75, 3.05) is 5.32 Å². The minimum atomic E-state index is -0.350. The van der Waals surface area contributed by atoms with E-state index in [9.17, 15) is 9.59 Å². The average Bonchev–Trinajstić information content (AvgIpc) is 2.99. The van der Waals surface area contributed by atoms with E-state index in [1.807, 2.05) is 48.7 Å². The highest BCUT2D eigenvalue weighted by Crippen LogP contribution is 2.24. The van der Waals surface area contributed by atoms with Crippen LogP contribution >= 0.6 is 0 Å². The molecule has 0 fully saturated rings. The average molecular weight is 318 g/mol. The van der Waals surface area contributed by atoms with E-state index in [0.717, 1.165) is 35.3 Å². The highest BCUT2D eigenvalue weighted by molar-refractivity contribution is 6.06. The molecule has 1 aliphatic heterocycles. The largest absolute Gasteiger partial charge is 0.346 e. The molecule has 0 saturated heterocycles. The number of nitrogens with one attached hydrogen (secondary N) is 1. The van der Waals surface area contributed by atoms with Crippen LogP contribution in [-0.2, 0) is 13.0 Å². The highest BCUT2D eigenvalue weighted by atomic mass is 16.2. The maximum absolute atomic E-state index is 12.8.